The fourth-order valence-electron chi connectivity index (χ4n) is 4.75. The van der Waals surface area contributed by atoms with Gasteiger partial charge < -0.3 is 10.2 Å². The highest BCUT2D eigenvalue weighted by atomic mass is 16.2. The topological polar surface area (TPSA) is 49.4 Å². The number of anilines is 1. The van der Waals surface area contributed by atoms with Crippen LogP contribution in [0.1, 0.15) is 68.1 Å². The van der Waals surface area contributed by atoms with E-state index in [9.17, 15) is 9.59 Å². The molecule has 1 aromatic carbocycles. The van der Waals surface area contributed by atoms with Gasteiger partial charge in [0.05, 0.1) is 0 Å². The van der Waals surface area contributed by atoms with Crippen LogP contribution < -0.4 is 5.32 Å². The van der Waals surface area contributed by atoms with Crippen LogP contribution in [0.15, 0.2) is 12.1 Å². The Hall–Kier alpha value is -1.84. The molecular weight excluding hydrogens is 336 g/mol. The third-order valence-corrected chi connectivity index (χ3v) is 6.29. The number of nitrogens with zero attached hydrogens (tertiary/aromatic N) is 1. The summed E-state index contributed by atoms with van der Waals surface area (Å²) in [4.78, 5) is 27.7. The van der Waals surface area contributed by atoms with Crippen LogP contribution in [0.2, 0.25) is 0 Å². The largest absolute Gasteiger partial charge is 0.342 e. The monoisotopic (exact) mass is 370 g/mol. The lowest BCUT2D eigenvalue weighted by Gasteiger charge is -2.31. The second-order valence-electron chi connectivity index (χ2n) is 8.55. The number of nitrogens with one attached hydrogen (secondary N) is 1. The zero-order valence-electron chi connectivity index (χ0n) is 17.1. The number of carbonyl (C=O) groups excluding carboxylic acids is 2. The summed E-state index contributed by atoms with van der Waals surface area (Å²) in [6, 6.07) is 4.22. The van der Waals surface area contributed by atoms with Crippen molar-refractivity contribution in [3.05, 3.63) is 28.8 Å². The molecule has 0 aromatic heterocycles. The summed E-state index contributed by atoms with van der Waals surface area (Å²) >= 11 is 0. The Bertz CT molecular complexity index is 659. The number of amides is 2. The van der Waals surface area contributed by atoms with Crippen LogP contribution in [0, 0.1) is 32.6 Å². The predicted octanol–water partition coefficient (Wildman–Crippen LogP) is 4.76. The summed E-state index contributed by atoms with van der Waals surface area (Å²) in [6.45, 7) is 8.02. The van der Waals surface area contributed by atoms with Crippen LogP contribution in [0.4, 0.5) is 5.69 Å². The number of hydrogen-bond acceptors (Lipinski definition) is 2. The highest BCUT2D eigenvalue weighted by molar-refractivity contribution is 5.94. The molecule has 0 atom stereocenters. The molecule has 0 unspecified atom stereocenters. The van der Waals surface area contributed by atoms with Crippen molar-refractivity contribution in [2.75, 3.05) is 18.4 Å². The molecule has 4 nitrogen and oxygen atoms in total. The van der Waals surface area contributed by atoms with Gasteiger partial charge in [0.2, 0.25) is 11.8 Å². The Balaban J connectivity index is 1.54. The smallest absolute Gasteiger partial charge is 0.227 e. The fraction of sp³-hybridized carbons (Fsp3) is 0.652. The molecular formula is C23H34N2O2. The van der Waals surface area contributed by atoms with Crippen molar-refractivity contribution in [2.24, 2.45) is 11.8 Å². The SMILES string of the molecule is Cc1cc(C)c(NC(=O)C2CCC(C(=O)N3CCCCCC3)CC2)c(C)c1. The van der Waals surface area contributed by atoms with E-state index in [2.05, 4.69) is 29.3 Å². The summed E-state index contributed by atoms with van der Waals surface area (Å²) in [5.74, 6) is 0.597. The predicted molar refractivity (Wildman–Crippen MR) is 110 cm³/mol. The molecule has 1 N–H and O–H groups in total. The molecule has 1 aliphatic heterocycles. The average Bonchev–Trinajstić information content (AvgIpc) is 2.93. The number of benzene rings is 1. The second kappa shape index (κ2) is 8.90. The molecule has 0 spiro atoms. The van der Waals surface area contributed by atoms with Gasteiger partial charge in [0, 0.05) is 30.6 Å². The molecule has 1 saturated heterocycles. The van der Waals surface area contributed by atoms with E-state index in [0.717, 1.165) is 68.4 Å². The summed E-state index contributed by atoms with van der Waals surface area (Å²) in [7, 11) is 0. The lowest BCUT2D eigenvalue weighted by atomic mass is 9.80. The maximum absolute atomic E-state index is 12.8. The van der Waals surface area contributed by atoms with Crippen molar-refractivity contribution in [1.82, 2.24) is 4.90 Å². The first kappa shape index (κ1) is 19.9. The van der Waals surface area contributed by atoms with Gasteiger partial charge in [-0.2, -0.15) is 0 Å². The maximum Gasteiger partial charge on any atom is 0.227 e. The molecule has 0 bridgehead atoms. The number of hydrogen-bond donors (Lipinski definition) is 1. The Morgan fingerprint density at radius 3 is 1.93 bits per heavy atom. The second-order valence-corrected chi connectivity index (χ2v) is 8.55. The lowest BCUT2D eigenvalue weighted by Crippen LogP contribution is -2.39. The Morgan fingerprint density at radius 1 is 0.852 bits per heavy atom. The van der Waals surface area contributed by atoms with Crippen molar-refractivity contribution in [1.29, 1.82) is 0 Å². The summed E-state index contributed by atoms with van der Waals surface area (Å²) < 4.78 is 0. The van der Waals surface area contributed by atoms with E-state index in [1.54, 1.807) is 0 Å². The molecule has 27 heavy (non-hydrogen) atoms. The van der Waals surface area contributed by atoms with E-state index in [4.69, 9.17) is 0 Å². The van der Waals surface area contributed by atoms with Gasteiger partial charge in [-0.25, -0.2) is 0 Å². The van der Waals surface area contributed by atoms with E-state index >= 15 is 0 Å². The van der Waals surface area contributed by atoms with Gasteiger partial charge in [-0.3, -0.25) is 9.59 Å². The van der Waals surface area contributed by atoms with Gasteiger partial charge in [-0.1, -0.05) is 30.5 Å². The van der Waals surface area contributed by atoms with Crippen molar-refractivity contribution < 1.29 is 9.59 Å². The van der Waals surface area contributed by atoms with Crippen molar-refractivity contribution >= 4 is 17.5 Å². The molecule has 1 aromatic rings. The van der Waals surface area contributed by atoms with Crippen LogP contribution >= 0.6 is 0 Å². The van der Waals surface area contributed by atoms with Crippen LogP contribution in [-0.2, 0) is 9.59 Å². The first-order valence-corrected chi connectivity index (χ1v) is 10.6. The number of likely N-dealkylation sites (tertiary alicyclic amines) is 1. The molecule has 1 heterocycles. The van der Waals surface area contributed by atoms with E-state index < -0.39 is 0 Å². The van der Waals surface area contributed by atoms with E-state index in [1.165, 1.54) is 18.4 Å². The Kier molecular flexibility index (Phi) is 6.56. The van der Waals surface area contributed by atoms with Gasteiger partial charge >= 0.3 is 0 Å². The van der Waals surface area contributed by atoms with Crippen molar-refractivity contribution in [3.8, 4) is 0 Å². The molecule has 3 rings (SSSR count). The molecule has 2 amide bonds. The zero-order valence-corrected chi connectivity index (χ0v) is 17.1. The number of carbonyl (C=O) groups is 2. The first-order valence-electron chi connectivity index (χ1n) is 10.6. The highest BCUT2D eigenvalue weighted by Crippen LogP contribution is 2.32. The average molecular weight is 371 g/mol. The third kappa shape index (κ3) is 4.91. The molecule has 0 radical (unpaired) electrons. The van der Waals surface area contributed by atoms with Gasteiger partial charge in [-0.15, -0.1) is 0 Å². The lowest BCUT2D eigenvalue weighted by molar-refractivity contribution is -0.137. The number of aryl methyl sites for hydroxylation is 3. The molecule has 2 aliphatic rings. The van der Waals surface area contributed by atoms with Crippen molar-refractivity contribution in [3.63, 3.8) is 0 Å². The van der Waals surface area contributed by atoms with E-state index in [1.807, 2.05) is 13.8 Å². The fourth-order valence-corrected chi connectivity index (χ4v) is 4.75. The quantitative estimate of drug-likeness (QED) is 0.834. The molecule has 2 fully saturated rings. The third-order valence-electron chi connectivity index (χ3n) is 6.29. The minimum atomic E-state index is 0.0262. The zero-order chi connectivity index (χ0) is 19.4. The minimum absolute atomic E-state index is 0.0262. The Morgan fingerprint density at radius 2 is 1.37 bits per heavy atom. The van der Waals surface area contributed by atoms with Crippen LogP contribution in [-0.4, -0.2) is 29.8 Å². The van der Waals surface area contributed by atoms with Gasteiger partial charge in [0.25, 0.3) is 0 Å². The Labute approximate surface area is 163 Å². The molecule has 1 saturated carbocycles. The van der Waals surface area contributed by atoms with Crippen LogP contribution in [0.5, 0.6) is 0 Å². The standard InChI is InChI=1S/C23H34N2O2/c1-16-14-17(2)21(18(3)15-16)24-22(26)19-8-10-20(11-9-19)23(27)25-12-6-4-5-7-13-25/h14-15,19-20H,4-13H2,1-3H3,(H,24,26). The normalized spacial score (nSPS) is 23.6. The van der Waals surface area contributed by atoms with Crippen LogP contribution in [0.3, 0.4) is 0 Å². The van der Waals surface area contributed by atoms with E-state index in [-0.39, 0.29) is 17.7 Å². The van der Waals surface area contributed by atoms with Crippen LogP contribution in [0.25, 0.3) is 0 Å². The minimum Gasteiger partial charge on any atom is -0.342 e. The molecule has 148 valence electrons. The first-order chi connectivity index (χ1) is 13.0. The van der Waals surface area contributed by atoms with Gasteiger partial charge in [0.1, 0.15) is 0 Å². The highest BCUT2D eigenvalue weighted by Gasteiger charge is 2.32. The molecule has 1 aliphatic carbocycles. The van der Waals surface area contributed by atoms with Gasteiger partial charge in [-0.05, 0) is 70.4 Å². The summed E-state index contributed by atoms with van der Waals surface area (Å²) in [5, 5.41) is 3.16. The number of rotatable bonds is 3. The van der Waals surface area contributed by atoms with Crippen molar-refractivity contribution in [2.45, 2.75) is 72.1 Å². The molecule has 4 heteroatoms. The summed E-state index contributed by atoms with van der Waals surface area (Å²) in [6.07, 6.45) is 8.10. The van der Waals surface area contributed by atoms with E-state index in [0.29, 0.717) is 5.91 Å². The summed E-state index contributed by atoms with van der Waals surface area (Å²) in [5.41, 5.74) is 4.40. The maximum atomic E-state index is 12.8. The van der Waals surface area contributed by atoms with Gasteiger partial charge in [0.15, 0.2) is 0 Å².